The van der Waals surface area contributed by atoms with Gasteiger partial charge in [-0.25, -0.2) is 4.98 Å². The fourth-order valence-corrected chi connectivity index (χ4v) is 3.22. The lowest BCUT2D eigenvalue weighted by atomic mass is 10.2. The van der Waals surface area contributed by atoms with E-state index in [0.717, 1.165) is 29.7 Å². The van der Waals surface area contributed by atoms with Crippen LogP contribution in [-0.4, -0.2) is 37.1 Å². The Morgan fingerprint density at radius 2 is 2.24 bits per heavy atom. The molecule has 17 heavy (non-hydrogen) atoms. The summed E-state index contributed by atoms with van der Waals surface area (Å²) in [5, 5.41) is 4.58. The van der Waals surface area contributed by atoms with Crippen molar-refractivity contribution < 1.29 is 0 Å². The minimum atomic E-state index is 0.403. The number of hydrogen-bond acceptors (Lipinski definition) is 5. The fourth-order valence-electron chi connectivity index (χ4n) is 1.68. The third kappa shape index (κ3) is 4.16. The first-order valence-electron chi connectivity index (χ1n) is 6.00. The number of aryl methyl sites for hydroxylation is 1. The molecule has 0 spiro atoms. The maximum absolute atomic E-state index is 4.66. The van der Waals surface area contributed by atoms with Gasteiger partial charge >= 0.3 is 0 Å². The maximum atomic E-state index is 4.66. The Morgan fingerprint density at radius 3 is 2.82 bits per heavy atom. The highest BCUT2D eigenvalue weighted by Crippen LogP contribution is 2.30. The van der Waals surface area contributed by atoms with Crippen molar-refractivity contribution in [2.24, 2.45) is 0 Å². The second-order valence-corrected chi connectivity index (χ2v) is 6.13. The quantitative estimate of drug-likeness (QED) is 0.827. The number of thioether (sulfide) groups is 1. The number of hydrogen-bond donors (Lipinski definition) is 1. The van der Waals surface area contributed by atoms with Gasteiger partial charge in [0.05, 0.1) is 5.69 Å². The molecule has 5 heteroatoms. The summed E-state index contributed by atoms with van der Waals surface area (Å²) in [7, 11) is 2.12. The Labute approximate surface area is 113 Å². The number of nitrogens with one attached hydrogen (secondary N) is 1. The molecular formula is C12H23N3S2. The smallest absolute Gasteiger partial charge is 0.185 e. The van der Waals surface area contributed by atoms with Gasteiger partial charge < -0.3 is 10.2 Å². The molecule has 1 heterocycles. The Balaban J connectivity index is 2.73. The van der Waals surface area contributed by atoms with E-state index in [9.17, 15) is 0 Å². The van der Waals surface area contributed by atoms with Crippen molar-refractivity contribution in [2.75, 3.05) is 37.0 Å². The van der Waals surface area contributed by atoms with Gasteiger partial charge in [-0.15, -0.1) is 11.3 Å². The molecule has 0 saturated carbocycles. The van der Waals surface area contributed by atoms with Crippen molar-refractivity contribution in [2.45, 2.75) is 26.8 Å². The number of aromatic nitrogens is 1. The van der Waals surface area contributed by atoms with Gasteiger partial charge in [0, 0.05) is 30.3 Å². The van der Waals surface area contributed by atoms with Crippen LogP contribution in [0.15, 0.2) is 0 Å². The highest BCUT2D eigenvalue weighted by atomic mass is 32.2. The van der Waals surface area contributed by atoms with Crippen molar-refractivity contribution in [1.82, 2.24) is 10.3 Å². The molecule has 1 unspecified atom stereocenters. The molecule has 0 saturated heterocycles. The summed E-state index contributed by atoms with van der Waals surface area (Å²) in [6.07, 6.45) is 2.14. The SMILES string of the molecule is CCNC(C)c1sc(N(C)CCSC)nc1C. The highest BCUT2D eigenvalue weighted by Gasteiger charge is 2.15. The standard InChI is InChI=1S/C12H23N3S2/c1-6-13-9(2)11-10(3)14-12(17-11)15(4)7-8-16-5/h9,13H,6-8H2,1-5H3. The summed E-state index contributed by atoms with van der Waals surface area (Å²) >= 11 is 3.68. The van der Waals surface area contributed by atoms with Crippen molar-refractivity contribution in [3.63, 3.8) is 0 Å². The van der Waals surface area contributed by atoms with Crippen LogP contribution in [0.25, 0.3) is 0 Å². The summed E-state index contributed by atoms with van der Waals surface area (Å²) in [5.41, 5.74) is 1.16. The Hall–Kier alpha value is -0.260. The van der Waals surface area contributed by atoms with E-state index in [2.05, 4.69) is 49.3 Å². The molecule has 3 nitrogen and oxygen atoms in total. The molecule has 1 aromatic rings. The largest absolute Gasteiger partial charge is 0.350 e. The monoisotopic (exact) mass is 273 g/mol. The third-order valence-corrected chi connectivity index (χ3v) is 4.73. The normalized spacial score (nSPS) is 12.8. The lowest BCUT2D eigenvalue weighted by Crippen LogP contribution is -2.19. The van der Waals surface area contributed by atoms with Gasteiger partial charge in [-0.2, -0.15) is 11.8 Å². The average Bonchev–Trinajstić information content (AvgIpc) is 2.68. The molecule has 0 radical (unpaired) electrons. The molecule has 0 amide bonds. The molecule has 1 N–H and O–H groups in total. The zero-order chi connectivity index (χ0) is 12.8. The first-order chi connectivity index (χ1) is 8.10. The summed E-state index contributed by atoms with van der Waals surface area (Å²) in [6, 6.07) is 0.403. The van der Waals surface area contributed by atoms with E-state index in [-0.39, 0.29) is 0 Å². The molecule has 0 aliphatic rings. The second-order valence-electron chi connectivity index (χ2n) is 4.14. The van der Waals surface area contributed by atoms with Crippen LogP contribution < -0.4 is 10.2 Å². The summed E-state index contributed by atoms with van der Waals surface area (Å²) in [5.74, 6) is 1.15. The van der Waals surface area contributed by atoms with Gasteiger partial charge in [-0.1, -0.05) is 6.92 Å². The van der Waals surface area contributed by atoms with Crippen LogP contribution in [-0.2, 0) is 0 Å². The van der Waals surface area contributed by atoms with Crippen LogP contribution in [0.2, 0.25) is 0 Å². The summed E-state index contributed by atoms with van der Waals surface area (Å²) in [6.45, 7) is 8.50. The topological polar surface area (TPSA) is 28.2 Å². The van der Waals surface area contributed by atoms with E-state index in [0.29, 0.717) is 6.04 Å². The Morgan fingerprint density at radius 1 is 1.53 bits per heavy atom. The van der Waals surface area contributed by atoms with Gasteiger partial charge in [0.15, 0.2) is 5.13 Å². The van der Waals surface area contributed by atoms with Crippen LogP contribution >= 0.6 is 23.1 Å². The average molecular weight is 273 g/mol. The molecule has 1 aromatic heterocycles. The lowest BCUT2D eigenvalue weighted by molar-refractivity contribution is 0.603. The van der Waals surface area contributed by atoms with Gasteiger partial charge in [0.1, 0.15) is 0 Å². The van der Waals surface area contributed by atoms with E-state index >= 15 is 0 Å². The minimum absolute atomic E-state index is 0.403. The van der Waals surface area contributed by atoms with Crippen molar-refractivity contribution in [3.05, 3.63) is 10.6 Å². The molecule has 0 bridgehead atoms. The molecule has 98 valence electrons. The predicted molar refractivity (Wildman–Crippen MR) is 80.6 cm³/mol. The van der Waals surface area contributed by atoms with E-state index in [4.69, 9.17) is 0 Å². The van der Waals surface area contributed by atoms with E-state index < -0.39 is 0 Å². The van der Waals surface area contributed by atoms with E-state index in [1.54, 1.807) is 0 Å². The highest BCUT2D eigenvalue weighted by molar-refractivity contribution is 7.98. The van der Waals surface area contributed by atoms with Crippen molar-refractivity contribution >= 4 is 28.2 Å². The fraction of sp³-hybridized carbons (Fsp3) is 0.750. The molecule has 0 aliphatic carbocycles. The van der Waals surface area contributed by atoms with Gasteiger partial charge in [0.2, 0.25) is 0 Å². The lowest BCUT2D eigenvalue weighted by Gasteiger charge is -2.14. The van der Waals surface area contributed by atoms with Gasteiger partial charge in [-0.05, 0) is 26.6 Å². The molecule has 0 fully saturated rings. The van der Waals surface area contributed by atoms with E-state index in [1.165, 1.54) is 4.88 Å². The zero-order valence-electron chi connectivity index (χ0n) is 11.4. The maximum Gasteiger partial charge on any atom is 0.185 e. The number of thiazole rings is 1. The molecular weight excluding hydrogens is 250 g/mol. The Bertz CT molecular complexity index is 338. The molecule has 0 aliphatic heterocycles. The molecule has 0 aromatic carbocycles. The van der Waals surface area contributed by atoms with Crippen LogP contribution in [0.5, 0.6) is 0 Å². The number of anilines is 1. The summed E-state index contributed by atoms with van der Waals surface area (Å²) in [4.78, 5) is 8.27. The van der Waals surface area contributed by atoms with Crippen molar-refractivity contribution in [3.8, 4) is 0 Å². The minimum Gasteiger partial charge on any atom is -0.350 e. The number of rotatable bonds is 7. The van der Waals surface area contributed by atoms with Crippen LogP contribution in [0.1, 0.15) is 30.5 Å². The second kappa shape index (κ2) is 7.24. The van der Waals surface area contributed by atoms with E-state index in [1.807, 2.05) is 23.1 Å². The van der Waals surface area contributed by atoms with Crippen molar-refractivity contribution in [1.29, 1.82) is 0 Å². The molecule has 1 atom stereocenters. The number of nitrogens with zero attached hydrogens (tertiary/aromatic N) is 2. The van der Waals surface area contributed by atoms with Crippen LogP contribution in [0.3, 0.4) is 0 Å². The Kier molecular flexibility index (Phi) is 6.30. The van der Waals surface area contributed by atoms with Crippen LogP contribution in [0.4, 0.5) is 5.13 Å². The van der Waals surface area contributed by atoms with Gasteiger partial charge in [-0.3, -0.25) is 0 Å². The third-order valence-electron chi connectivity index (χ3n) is 2.68. The molecule has 1 rings (SSSR count). The first kappa shape index (κ1) is 14.8. The first-order valence-corrected chi connectivity index (χ1v) is 8.22. The predicted octanol–water partition coefficient (Wildman–Crippen LogP) is 2.92. The zero-order valence-corrected chi connectivity index (χ0v) is 13.0. The van der Waals surface area contributed by atoms with Gasteiger partial charge in [0.25, 0.3) is 0 Å². The summed E-state index contributed by atoms with van der Waals surface area (Å²) < 4.78 is 0. The van der Waals surface area contributed by atoms with Crippen LogP contribution in [0, 0.1) is 6.92 Å².